The first-order chi connectivity index (χ1) is 8.49. The highest BCUT2D eigenvalue weighted by atomic mass is 32.1. The zero-order chi connectivity index (χ0) is 13.7. The van der Waals surface area contributed by atoms with Crippen molar-refractivity contribution >= 4 is 28.8 Å². The van der Waals surface area contributed by atoms with Gasteiger partial charge in [-0.1, -0.05) is 26.1 Å². The molecule has 1 unspecified atom stereocenters. The van der Waals surface area contributed by atoms with Gasteiger partial charge in [0.25, 0.3) is 0 Å². The average molecular weight is 265 g/mol. The molecule has 4 nitrogen and oxygen atoms in total. The van der Waals surface area contributed by atoms with Crippen molar-refractivity contribution in [1.29, 1.82) is 0 Å². The Bertz CT molecular complexity index is 420. The zero-order valence-electron chi connectivity index (χ0n) is 11.0. The van der Waals surface area contributed by atoms with Gasteiger partial charge in [0.2, 0.25) is 5.91 Å². The van der Waals surface area contributed by atoms with Crippen LogP contribution in [0.4, 0.5) is 5.69 Å². The quantitative estimate of drug-likeness (QED) is 0.827. The molecule has 1 atom stereocenters. The summed E-state index contributed by atoms with van der Waals surface area (Å²) in [4.78, 5) is 18.4. The number of hydrogen-bond donors (Lipinski definition) is 1. The van der Waals surface area contributed by atoms with Crippen LogP contribution in [0.1, 0.15) is 20.8 Å². The molecule has 0 bridgehead atoms. The van der Waals surface area contributed by atoms with E-state index >= 15 is 0 Å². The minimum absolute atomic E-state index is 0.0498. The molecule has 0 saturated heterocycles. The number of nitrogens with two attached hydrogens (primary N) is 1. The summed E-state index contributed by atoms with van der Waals surface area (Å²) in [5.74, 6) is -0.384. The maximum Gasteiger partial charge on any atom is 0.237 e. The SMILES string of the molecule is CCN(C(=O)C(C(N)=S)C(C)C)c1ccncc1. The fraction of sp³-hybridized carbons (Fsp3) is 0.462. The van der Waals surface area contributed by atoms with Gasteiger partial charge in [-0.15, -0.1) is 0 Å². The molecule has 1 heterocycles. The van der Waals surface area contributed by atoms with E-state index in [0.29, 0.717) is 6.54 Å². The van der Waals surface area contributed by atoms with E-state index < -0.39 is 5.92 Å². The highest BCUT2D eigenvalue weighted by Gasteiger charge is 2.29. The molecule has 1 rings (SSSR count). The molecule has 1 amide bonds. The molecule has 98 valence electrons. The Labute approximate surface area is 113 Å². The summed E-state index contributed by atoms with van der Waals surface area (Å²) < 4.78 is 0. The molecule has 0 aliphatic carbocycles. The second-order valence-corrected chi connectivity index (χ2v) is 4.88. The van der Waals surface area contributed by atoms with E-state index in [2.05, 4.69) is 4.98 Å². The highest BCUT2D eigenvalue weighted by Crippen LogP contribution is 2.20. The molecule has 0 aliphatic rings. The van der Waals surface area contributed by atoms with E-state index in [1.165, 1.54) is 0 Å². The maximum absolute atomic E-state index is 12.5. The van der Waals surface area contributed by atoms with Gasteiger partial charge in [0.05, 0.1) is 10.9 Å². The first-order valence-electron chi connectivity index (χ1n) is 5.99. The van der Waals surface area contributed by atoms with Gasteiger partial charge in [-0.2, -0.15) is 0 Å². The van der Waals surface area contributed by atoms with Crippen LogP contribution in [0, 0.1) is 11.8 Å². The standard InChI is InChI=1S/C13H19N3OS/c1-4-16(10-5-7-15-8-6-10)13(17)11(9(2)3)12(14)18/h5-9,11H,4H2,1-3H3,(H2,14,18). The molecule has 0 spiro atoms. The van der Waals surface area contributed by atoms with E-state index in [4.69, 9.17) is 18.0 Å². The number of thiocarbonyl (C=S) groups is 1. The van der Waals surface area contributed by atoms with Crippen molar-refractivity contribution in [2.45, 2.75) is 20.8 Å². The molecule has 5 heteroatoms. The van der Waals surface area contributed by atoms with E-state index in [-0.39, 0.29) is 16.8 Å². The fourth-order valence-corrected chi connectivity index (χ4v) is 2.27. The summed E-state index contributed by atoms with van der Waals surface area (Å²) >= 11 is 5.00. The van der Waals surface area contributed by atoms with E-state index in [1.54, 1.807) is 29.4 Å². The van der Waals surface area contributed by atoms with Crippen molar-refractivity contribution in [3.63, 3.8) is 0 Å². The molecule has 1 aromatic rings. The molecule has 0 aliphatic heterocycles. The van der Waals surface area contributed by atoms with Crippen molar-refractivity contribution in [2.24, 2.45) is 17.6 Å². The third-order valence-electron chi connectivity index (χ3n) is 2.80. The Hall–Kier alpha value is -1.49. The topological polar surface area (TPSA) is 59.2 Å². The number of carbonyl (C=O) groups is 1. The lowest BCUT2D eigenvalue weighted by molar-refractivity contribution is -0.121. The number of hydrogen-bond acceptors (Lipinski definition) is 3. The largest absolute Gasteiger partial charge is 0.393 e. The molecule has 1 aromatic heterocycles. The molecule has 0 radical (unpaired) electrons. The van der Waals surface area contributed by atoms with Gasteiger partial charge in [-0.05, 0) is 25.0 Å². The number of carbonyl (C=O) groups excluding carboxylic acids is 1. The van der Waals surface area contributed by atoms with Gasteiger partial charge in [0.1, 0.15) is 0 Å². The van der Waals surface area contributed by atoms with Gasteiger partial charge in [-0.25, -0.2) is 0 Å². The van der Waals surface area contributed by atoms with Crippen LogP contribution in [0.3, 0.4) is 0 Å². The summed E-state index contributed by atoms with van der Waals surface area (Å²) in [5.41, 5.74) is 6.50. The lowest BCUT2D eigenvalue weighted by Crippen LogP contribution is -2.43. The van der Waals surface area contributed by atoms with Crippen molar-refractivity contribution < 1.29 is 4.79 Å². The second kappa shape index (κ2) is 6.44. The summed E-state index contributed by atoms with van der Waals surface area (Å²) in [6, 6.07) is 3.61. The van der Waals surface area contributed by atoms with Crippen LogP contribution in [0.5, 0.6) is 0 Å². The molecule has 0 saturated carbocycles. The van der Waals surface area contributed by atoms with Crippen LogP contribution in [0.25, 0.3) is 0 Å². The lowest BCUT2D eigenvalue weighted by Gasteiger charge is -2.27. The van der Waals surface area contributed by atoms with Gasteiger partial charge < -0.3 is 10.6 Å². The number of amides is 1. The monoisotopic (exact) mass is 265 g/mol. The summed E-state index contributed by atoms with van der Waals surface area (Å²) in [5, 5.41) is 0. The molecule has 0 aromatic carbocycles. The van der Waals surface area contributed by atoms with Crippen LogP contribution in [-0.2, 0) is 4.79 Å². The number of nitrogens with zero attached hydrogens (tertiary/aromatic N) is 2. The van der Waals surface area contributed by atoms with E-state index in [1.807, 2.05) is 20.8 Å². The summed E-state index contributed by atoms with van der Waals surface area (Å²) in [6.45, 7) is 6.40. The fourth-order valence-electron chi connectivity index (χ4n) is 1.89. The minimum atomic E-state index is -0.423. The highest BCUT2D eigenvalue weighted by molar-refractivity contribution is 7.80. The van der Waals surface area contributed by atoms with Crippen molar-refractivity contribution in [3.05, 3.63) is 24.5 Å². The number of anilines is 1. The summed E-state index contributed by atoms with van der Waals surface area (Å²) in [7, 11) is 0. The Morgan fingerprint density at radius 3 is 2.39 bits per heavy atom. The summed E-state index contributed by atoms with van der Waals surface area (Å²) in [6.07, 6.45) is 3.33. The van der Waals surface area contributed by atoms with Crippen LogP contribution in [0.2, 0.25) is 0 Å². The van der Waals surface area contributed by atoms with Gasteiger partial charge in [0.15, 0.2) is 0 Å². The van der Waals surface area contributed by atoms with Gasteiger partial charge >= 0.3 is 0 Å². The molecule has 0 fully saturated rings. The lowest BCUT2D eigenvalue weighted by atomic mass is 9.94. The maximum atomic E-state index is 12.5. The smallest absolute Gasteiger partial charge is 0.237 e. The van der Waals surface area contributed by atoms with E-state index in [9.17, 15) is 4.79 Å². The molecular weight excluding hydrogens is 246 g/mol. The Morgan fingerprint density at radius 1 is 1.44 bits per heavy atom. The second-order valence-electron chi connectivity index (χ2n) is 4.41. The van der Waals surface area contributed by atoms with E-state index in [0.717, 1.165) is 5.69 Å². The van der Waals surface area contributed by atoms with Crippen LogP contribution in [-0.4, -0.2) is 22.4 Å². The third-order valence-corrected chi connectivity index (χ3v) is 3.05. The van der Waals surface area contributed by atoms with Crippen molar-refractivity contribution in [3.8, 4) is 0 Å². The normalized spacial score (nSPS) is 12.2. The predicted molar refractivity (Wildman–Crippen MR) is 77.4 cm³/mol. The number of rotatable bonds is 5. The predicted octanol–water partition coefficient (Wildman–Crippen LogP) is 1.99. The Balaban J connectivity index is 3.02. The van der Waals surface area contributed by atoms with Crippen LogP contribution < -0.4 is 10.6 Å². The van der Waals surface area contributed by atoms with Crippen molar-refractivity contribution in [1.82, 2.24) is 4.98 Å². The Morgan fingerprint density at radius 2 is 2.00 bits per heavy atom. The first-order valence-corrected chi connectivity index (χ1v) is 6.40. The minimum Gasteiger partial charge on any atom is -0.393 e. The van der Waals surface area contributed by atoms with Crippen LogP contribution >= 0.6 is 12.2 Å². The zero-order valence-corrected chi connectivity index (χ0v) is 11.8. The van der Waals surface area contributed by atoms with Gasteiger partial charge in [-0.3, -0.25) is 9.78 Å². The number of aromatic nitrogens is 1. The average Bonchev–Trinajstić information content (AvgIpc) is 2.30. The van der Waals surface area contributed by atoms with Gasteiger partial charge in [0, 0.05) is 24.6 Å². The Kier molecular flexibility index (Phi) is 5.22. The molecular formula is C13H19N3OS. The molecule has 2 N–H and O–H groups in total. The van der Waals surface area contributed by atoms with Crippen LogP contribution in [0.15, 0.2) is 24.5 Å². The van der Waals surface area contributed by atoms with Crippen molar-refractivity contribution in [2.75, 3.05) is 11.4 Å². The molecule has 18 heavy (non-hydrogen) atoms. The first kappa shape index (κ1) is 14.6. The number of pyridine rings is 1. The third kappa shape index (κ3) is 3.26.